The number of aliphatic hydroxyl groups is 1. The Morgan fingerprint density at radius 1 is 0.914 bits per heavy atom. The molecule has 0 aromatic heterocycles. The van der Waals surface area contributed by atoms with Gasteiger partial charge in [0, 0.05) is 32.1 Å². The lowest BCUT2D eigenvalue weighted by Crippen LogP contribution is -2.51. The second kappa shape index (κ2) is 9.54. The molecule has 2 saturated heterocycles. The van der Waals surface area contributed by atoms with Gasteiger partial charge in [-0.1, -0.05) is 6.92 Å². The summed E-state index contributed by atoms with van der Waals surface area (Å²) in [5.74, 6) is 4.15. The van der Waals surface area contributed by atoms with Crippen molar-refractivity contribution >= 4 is 12.0 Å². The van der Waals surface area contributed by atoms with E-state index in [0.717, 1.165) is 75.2 Å². The molecular formula is C29H46N2O4. The smallest absolute Gasteiger partial charge is 0.410 e. The summed E-state index contributed by atoms with van der Waals surface area (Å²) < 4.78 is 6.09. The van der Waals surface area contributed by atoms with E-state index in [2.05, 4.69) is 11.8 Å². The lowest BCUT2D eigenvalue weighted by Gasteiger charge is -2.55. The molecule has 35 heavy (non-hydrogen) atoms. The number of rotatable bonds is 2. The molecule has 0 bridgehead atoms. The molecule has 6 rings (SSSR count). The number of carbonyl (C=O) groups excluding carboxylic acids is 2. The highest BCUT2D eigenvalue weighted by molar-refractivity contribution is 5.77. The lowest BCUT2D eigenvalue weighted by molar-refractivity contribution is -0.136. The average Bonchev–Trinajstić information content (AvgIpc) is 3.18. The van der Waals surface area contributed by atoms with Crippen LogP contribution in [-0.4, -0.2) is 64.8 Å². The van der Waals surface area contributed by atoms with Crippen LogP contribution in [0.25, 0.3) is 0 Å². The number of nitrogens with zero attached hydrogens (tertiary/aromatic N) is 2. The number of piperidine rings is 2. The van der Waals surface area contributed by atoms with Crippen molar-refractivity contribution in [1.82, 2.24) is 9.80 Å². The molecule has 4 saturated carbocycles. The molecule has 8 unspecified atom stereocenters. The van der Waals surface area contributed by atoms with Crippen molar-refractivity contribution < 1.29 is 19.4 Å². The van der Waals surface area contributed by atoms with Crippen LogP contribution in [-0.2, 0) is 9.53 Å². The van der Waals surface area contributed by atoms with Gasteiger partial charge in [-0.3, -0.25) is 4.79 Å². The second-order valence-electron chi connectivity index (χ2n) is 13.2. The van der Waals surface area contributed by atoms with E-state index >= 15 is 0 Å². The molecule has 8 atom stereocenters. The van der Waals surface area contributed by atoms with Crippen molar-refractivity contribution in [2.45, 2.75) is 115 Å². The number of carbonyl (C=O) groups is 2. The predicted octanol–water partition coefficient (Wildman–Crippen LogP) is 4.98. The third-order valence-corrected chi connectivity index (χ3v) is 11.6. The molecule has 6 heteroatoms. The Morgan fingerprint density at radius 2 is 1.71 bits per heavy atom. The molecule has 0 radical (unpaired) electrons. The molecule has 1 N–H and O–H groups in total. The maximum atomic E-state index is 13.0. The summed E-state index contributed by atoms with van der Waals surface area (Å²) in [4.78, 5) is 29.2. The van der Waals surface area contributed by atoms with Crippen molar-refractivity contribution in [3.05, 3.63) is 0 Å². The zero-order valence-electron chi connectivity index (χ0n) is 21.7. The molecule has 2 aliphatic heterocycles. The van der Waals surface area contributed by atoms with Gasteiger partial charge in [-0.25, -0.2) is 4.79 Å². The van der Waals surface area contributed by atoms with Crippen molar-refractivity contribution in [1.29, 1.82) is 0 Å². The molecule has 0 aromatic carbocycles. The summed E-state index contributed by atoms with van der Waals surface area (Å²) in [6.07, 6.45) is 15.0. The summed E-state index contributed by atoms with van der Waals surface area (Å²) in [6, 6.07) is 0.302. The van der Waals surface area contributed by atoms with Gasteiger partial charge in [-0.05, 0) is 118 Å². The Kier molecular flexibility index (Phi) is 6.56. The van der Waals surface area contributed by atoms with E-state index in [9.17, 15) is 14.7 Å². The van der Waals surface area contributed by atoms with Crippen LogP contribution in [0.15, 0.2) is 0 Å². The third-order valence-electron chi connectivity index (χ3n) is 11.6. The van der Waals surface area contributed by atoms with Crippen LogP contribution < -0.4 is 0 Å². The summed E-state index contributed by atoms with van der Waals surface area (Å²) in [6.45, 7) is 4.67. The fourth-order valence-corrected chi connectivity index (χ4v) is 9.68. The molecule has 4 aliphatic carbocycles. The van der Waals surface area contributed by atoms with Crippen LogP contribution in [0, 0.1) is 35.0 Å². The Labute approximate surface area is 211 Å². The highest BCUT2D eigenvalue weighted by Crippen LogP contribution is 2.62. The topological polar surface area (TPSA) is 70.1 Å². The van der Waals surface area contributed by atoms with Gasteiger partial charge in [0.05, 0.1) is 6.10 Å². The Balaban J connectivity index is 0.996. The van der Waals surface area contributed by atoms with Crippen molar-refractivity contribution in [2.24, 2.45) is 35.0 Å². The number of ether oxygens (including phenoxy) is 1. The zero-order valence-corrected chi connectivity index (χ0v) is 21.7. The summed E-state index contributed by atoms with van der Waals surface area (Å²) >= 11 is 0. The van der Waals surface area contributed by atoms with Crippen LogP contribution in [0.3, 0.4) is 0 Å². The third kappa shape index (κ3) is 4.30. The van der Waals surface area contributed by atoms with Crippen LogP contribution in [0.4, 0.5) is 4.79 Å². The second-order valence-corrected chi connectivity index (χ2v) is 13.2. The van der Waals surface area contributed by atoms with Gasteiger partial charge in [0.2, 0.25) is 5.91 Å². The molecule has 0 aromatic rings. The minimum absolute atomic E-state index is 0.0730. The van der Waals surface area contributed by atoms with Gasteiger partial charge < -0.3 is 19.6 Å². The monoisotopic (exact) mass is 486 g/mol. The predicted molar refractivity (Wildman–Crippen MR) is 134 cm³/mol. The first-order valence-corrected chi connectivity index (χ1v) is 14.9. The molecule has 6 nitrogen and oxygen atoms in total. The summed E-state index contributed by atoms with van der Waals surface area (Å²) in [7, 11) is 0. The van der Waals surface area contributed by atoms with E-state index in [1.807, 2.05) is 4.90 Å². The molecule has 0 spiro atoms. The summed E-state index contributed by atoms with van der Waals surface area (Å²) in [5, 5.41) is 10.7. The molecule has 196 valence electrons. The van der Waals surface area contributed by atoms with Crippen LogP contribution in [0.5, 0.6) is 0 Å². The van der Waals surface area contributed by atoms with Gasteiger partial charge >= 0.3 is 6.09 Å². The Bertz CT molecular complexity index is 811. The van der Waals surface area contributed by atoms with E-state index in [4.69, 9.17) is 4.74 Å². The zero-order chi connectivity index (χ0) is 24.2. The minimum Gasteiger partial charge on any atom is -0.446 e. The minimum atomic E-state index is -0.126. The SMILES string of the molecule is CC12CCC3C4CCC(OC(=O)N5CCC(N6CCCCC6=O)CC5)CC4CCC3C1CCC2O. The van der Waals surface area contributed by atoms with E-state index in [-0.39, 0.29) is 23.7 Å². The van der Waals surface area contributed by atoms with E-state index < -0.39 is 0 Å². The number of hydrogen-bond acceptors (Lipinski definition) is 4. The highest BCUT2D eigenvalue weighted by Gasteiger charge is 2.56. The largest absolute Gasteiger partial charge is 0.446 e. The normalized spacial score (nSPS) is 44.4. The maximum absolute atomic E-state index is 13.0. The van der Waals surface area contributed by atoms with Crippen LogP contribution in [0.2, 0.25) is 0 Å². The van der Waals surface area contributed by atoms with Gasteiger partial charge in [-0.2, -0.15) is 0 Å². The van der Waals surface area contributed by atoms with Crippen molar-refractivity contribution in [2.75, 3.05) is 19.6 Å². The highest BCUT2D eigenvalue weighted by atomic mass is 16.6. The van der Waals surface area contributed by atoms with E-state index in [1.54, 1.807) is 0 Å². The first kappa shape index (κ1) is 24.1. The first-order chi connectivity index (χ1) is 16.9. The Morgan fingerprint density at radius 3 is 2.51 bits per heavy atom. The molecule has 2 amide bonds. The van der Waals surface area contributed by atoms with Gasteiger partial charge in [0.15, 0.2) is 0 Å². The van der Waals surface area contributed by atoms with Crippen molar-refractivity contribution in [3.8, 4) is 0 Å². The van der Waals surface area contributed by atoms with E-state index in [1.165, 1.54) is 38.5 Å². The first-order valence-electron chi connectivity index (χ1n) is 14.9. The average molecular weight is 487 g/mol. The number of hydrogen-bond donors (Lipinski definition) is 1. The quantitative estimate of drug-likeness (QED) is 0.598. The van der Waals surface area contributed by atoms with Crippen LogP contribution in [0.1, 0.15) is 96.8 Å². The number of fused-ring (bicyclic) bond motifs is 5. The van der Waals surface area contributed by atoms with Gasteiger partial charge in [-0.15, -0.1) is 0 Å². The van der Waals surface area contributed by atoms with Gasteiger partial charge in [0.1, 0.15) is 6.10 Å². The fourth-order valence-electron chi connectivity index (χ4n) is 9.68. The number of aliphatic hydroxyl groups excluding tert-OH is 1. The number of likely N-dealkylation sites (tertiary alicyclic amines) is 2. The van der Waals surface area contributed by atoms with E-state index in [0.29, 0.717) is 37.4 Å². The lowest BCUT2D eigenvalue weighted by atomic mass is 9.50. The Hall–Kier alpha value is -1.30. The fraction of sp³-hybridized carbons (Fsp3) is 0.931. The maximum Gasteiger partial charge on any atom is 0.410 e. The molecule has 6 aliphatic rings. The molecule has 2 heterocycles. The summed E-state index contributed by atoms with van der Waals surface area (Å²) in [5.41, 5.74) is 0.162. The van der Waals surface area contributed by atoms with Crippen LogP contribution >= 0.6 is 0 Å². The van der Waals surface area contributed by atoms with Gasteiger partial charge in [0.25, 0.3) is 0 Å². The number of amides is 2. The standard InChI is InChI=1S/C29H46N2O4/c1-29-14-11-23-22-8-6-21(18-19(22)5-7-24(23)25(29)9-10-26(29)32)35-28(34)30-16-12-20(13-17-30)31-15-3-2-4-27(31)33/h19-26,32H,2-18H2,1H3. The molecular weight excluding hydrogens is 440 g/mol. The van der Waals surface area contributed by atoms with Crippen molar-refractivity contribution in [3.63, 3.8) is 0 Å². The molecule has 6 fully saturated rings.